The van der Waals surface area contributed by atoms with E-state index in [1.54, 1.807) is 4.90 Å². The van der Waals surface area contributed by atoms with Gasteiger partial charge in [-0.2, -0.15) is 0 Å². The van der Waals surface area contributed by atoms with Crippen molar-refractivity contribution in [3.63, 3.8) is 0 Å². The molecule has 114 valence electrons. The van der Waals surface area contributed by atoms with Gasteiger partial charge in [-0.25, -0.2) is 8.78 Å². The van der Waals surface area contributed by atoms with E-state index in [9.17, 15) is 18.4 Å². The summed E-state index contributed by atoms with van der Waals surface area (Å²) in [6, 6.07) is 3.10. The van der Waals surface area contributed by atoms with Crippen molar-refractivity contribution in [3.05, 3.63) is 29.8 Å². The molecule has 0 unspecified atom stereocenters. The number of nitrogens with one attached hydrogen (secondary N) is 1. The van der Waals surface area contributed by atoms with Gasteiger partial charge in [0.05, 0.1) is 12.5 Å². The first-order valence-corrected chi connectivity index (χ1v) is 6.57. The molecule has 2 atom stereocenters. The van der Waals surface area contributed by atoms with Crippen LogP contribution in [0.4, 0.5) is 14.5 Å². The van der Waals surface area contributed by atoms with Gasteiger partial charge in [0.2, 0.25) is 5.91 Å². The van der Waals surface area contributed by atoms with Crippen molar-refractivity contribution in [2.45, 2.75) is 6.92 Å². The zero-order valence-corrected chi connectivity index (χ0v) is 11.5. The monoisotopic (exact) mass is 298 g/mol. The predicted octanol–water partition coefficient (Wildman–Crippen LogP) is 1.56. The Morgan fingerprint density at radius 2 is 2.05 bits per heavy atom. The Morgan fingerprint density at radius 3 is 2.62 bits per heavy atom. The molecule has 1 aromatic carbocycles. The number of likely N-dealkylation sites (tertiary alicyclic amines) is 1. The maximum absolute atomic E-state index is 13.0. The third-order valence-corrected chi connectivity index (χ3v) is 3.58. The van der Waals surface area contributed by atoms with Crippen molar-refractivity contribution in [3.8, 4) is 0 Å². The Labute approximate surface area is 120 Å². The highest BCUT2D eigenvalue weighted by atomic mass is 19.2. The molecule has 0 radical (unpaired) electrons. The number of nitrogens with zero attached hydrogens (tertiary/aromatic N) is 1. The van der Waals surface area contributed by atoms with Gasteiger partial charge in [-0.3, -0.25) is 14.5 Å². The molecule has 1 heterocycles. The summed E-state index contributed by atoms with van der Waals surface area (Å²) in [6.45, 7) is 2.67. The fourth-order valence-electron chi connectivity index (χ4n) is 2.50. The number of halogens is 2. The van der Waals surface area contributed by atoms with Crippen molar-refractivity contribution >= 4 is 17.6 Å². The van der Waals surface area contributed by atoms with Gasteiger partial charge in [0.1, 0.15) is 0 Å². The summed E-state index contributed by atoms with van der Waals surface area (Å²) in [5, 5.41) is 11.5. The van der Waals surface area contributed by atoms with Crippen molar-refractivity contribution in [2.75, 3.05) is 25.0 Å². The molecule has 5 nitrogen and oxygen atoms in total. The molecule has 1 amide bonds. The Bertz CT molecular complexity index is 565. The number of hydrogen-bond donors (Lipinski definition) is 2. The first-order chi connectivity index (χ1) is 9.86. The molecule has 7 heteroatoms. The van der Waals surface area contributed by atoms with Crippen LogP contribution < -0.4 is 5.32 Å². The summed E-state index contributed by atoms with van der Waals surface area (Å²) in [5.41, 5.74) is 0.168. The quantitative estimate of drug-likeness (QED) is 0.885. The lowest BCUT2D eigenvalue weighted by Gasteiger charge is -2.14. The topological polar surface area (TPSA) is 69.6 Å². The van der Waals surface area contributed by atoms with Gasteiger partial charge in [0, 0.05) is 24.8 Å². The van der Waals surface area contributed by atoms with E-state index in [0.717, 1.165) is 12.1 Å². The number of carboxylic acids is 1. The van der Waals surface area contributed by atoms with Crippen LogP contribution >= 0.6 is 0 Å². The highest BCUT2D eigenvalue weighted by Gasteiger charge is 2.35. The van der Waals surface area contributed by atoms with E-state index in [1.807, 2.05) is 6.92 Å². The summed E-state index contributed by atoms with van der Waals surface area (Å²) < 4.78 is 25.8. The number of carbonyl (C=O) groups excluding carboxylic acids is 1. The standard InChI is InChI=1S/C14H16F2N2O3/c1-8-5-18(6-10(8)14(20)21)7-13(19)17-9-2-3-11(15)12(16)4-9/h2-4,8,10H,5-7H2,1H3,(H,17,19)(H,20,21)/t8-,10-/m1/s1. The Morgan fingerprint density at radius 1 is 1.33 bits per heavy atom. The minimum atomic E-state index is -1.03. The van der Waals surface area contributed by atoms with Gasteiger partial charge in [0.15, 0.2) is 11.6 Å². The summed E-state index contributed by atoms with van der Waals surface area (Å²) in [5.74, 6) is -3.79. The lowest BCUT2D eigenvalue weighted by molar-refractivity contribution is -0.142. The largest absolute Gasteiger partial charge is 0.481 e. The summed E-state index contributed by atoms with van der Waals surface area (Å²) in [4.78, 5) is 24.6. The van der Waals surface area contributed by atoms with E-state index in [2.05, 4.69) is 5.32 Å². The number of carbonyl (C=O) groups is 2. The fourth-order valence-corrected chi connectivity index (χ4v) is 2.50. The molecule has 1 fully saturated rings. The van der Waals surface area contributed by atoms with Gasteiger partial charge >= 0.3 is 5.97 Å². The zero-order chi connectivity index (χ0) is 15.6. The average molecular weight is 298 g/mol. The Hall–Kier alpha value is -2.02. The molecule has 0 spiro atoms. The first kappa shape index (κ1) is 15.4. The van der Waals surface area contributed by atoms with Gasteiger partial charge in [-0.1, -0.05) is 6.92 Å². The molecule has 1 aliphatic heterocycles. The third kappa shape index (κ3) is 3.75. The smallest absolute Gasteiger partial charge is 0.308 e. The molecule has 0 aliphatic carbocycles. The molecular formula is C14H16F2N2O3. The minimum Gasteiger partial charge on any atom is -0.481 e. The summed E-state index contributed by atoms with van der Waals surface area (Å²) in [7, 11) is 0. The molecule has 0 saturated carbocycles. The molecule has 0 bridgehead atoms. The molecule has 2 rings (SSSR count). The normalized spacial score (nSPS) is 22.2. The van der Waals surface area contributed by atoms with E-state index in [1.165, 1.54) is 6.07 Å². The number of hydrogen-bond acceptors (Lipinski definition) is 3. The maximum Gasteiger partial charge on any atom is 0.308 e. The van der Waals surface area contributed by atoms with Crippen LogP contribution in [0.5, 0.6) is 0 Å². The number of carboxylic acid groups (broad SMARTS) is 1. The highest BCUT2D eigenvalue weighted by molar-refractivity contribution is 5.92. The van der Waals surface area contributed by atoms with E-state index in [4.69, 9.17) is 5.11 Å². The lowest BCUT2D eigenvalue weighted by atomic mass is 9.99. The van der Waals surface area contributed by atoms with Gasteiger partial charge in [0.25, 0.3) is 0 Å². The van der Waals surface area contributed by atoms with Crippen molar-refractivity contribution in [2.24, 2.45) is 11.8 Å². The van der Waals surface area contributed by atoms with Crippen LogP contribution in [0.2, 0.25) is 0 Å². The average Bonchev–Trinajstić information content (AvgIpc) is 2.75. The second-order valence-electron chi connectivity index (χ2n) is 5.29. The van der Waals surface area contributed by atoms with E-state index < -0.39 is 23.5 Å². The molecular weight excluding hydrogens is 282 g/mol. The fraction of sp³-hybridized carbons (Fsp3) is 0.429. The van der Waals surface area contributed by atoms with Crippen molar-refractivity contribution in [1.82, 2.24) is 4.90 Å². The van der Waals surface area contributed by atoms with Crippen LogP contribution in [-0.2, 0) is 9.59 Å². The van der Waals surface area contributed by atoms with Crippen molar-refractivity contribution in [1.29, 1.82) is 0 Å². The number of anilines is 1. The number of rotatable bonds is 4. The SMILES string of the molecule is C[C@@H]1CN(CC(=O)Nc2ccc(F)c(F)c2)C[C@H]1C(=O)O. The van der Waals surface area contributed by atoms with Crippen LogP contribution in [0.1, 0.15) is 6.92 Å². The van der Waals surface area contributed by atoms with E-state index in [-0.39, 0.29) is 24.1 Å². The highest BCUT2D eigenvalue weighted by Crippen LogP contribution is 2.23. The van der Waals surface area contributed by atoms with Crippen molar-refractivity contribution < 1.29 is 23.5 Å². The molecule has 21 heavy (non-hydrogen) atoms. The molecule has 1 aliphatic rings. The Balaban J connectivity index is 1.90. The van der Waals surface area contributed by atoms with Gasteiger partial charge in [-0.15, -0.1) is 0 Å². The lowest BCUT2D eigenvalue weighted by Crippen LogP contribution is -2.32. The first-order valence-electron chi connectivity index (χ1n) is 6.57. The van der Waals surface area contributed by atoms with Crippen LogP contribution in [0.25, 0.3) is 0 Å². The Kier molecular flexibility index (Phi) is 4.52. The maximum atomic E-state index is 13.0. The van der Waals surface area contributed by atoms with Crippen LogP contribution in [0.15, 0.2) is 18.2 Å². The number of aliphatic carboxylic acids is 1. The predicted molar refractivity (Wildman–Crippen MR) is 71.7 cm³/mol. The molecule has 1 aromatic rings. The molecule has 0 aromatic heterocycles. The van der Waals surface area contributed by atoms with E-state index >= 15 is 0 Å². The second kappa shape index (κ2) is 6.17. The van der Waals surface area contributed by atoms with E-state index in [0.29, 0.717) is 13.1 Å². The zero-order valence-electron chi connectivity index (χ0n) is 11.5. The van der Waals surface area contributed by atoms with Crippen LogP contribution in [0.3, 0.4) is 0 Å². The number of benzene rings is 1. The van der Waals surface area contributed by atoms with Gasteiger partial charge < -0.3 is 10.4 Å². The van der Waals surface area contributed by atoms with Crippen LogP contribution in [0, 0.1) is 23.5 Å². The molecule has 1 saturated heterocycles. The second-order valence-corrected chi connectivity index (χ2v) is 5.29. The summed E-state index contributed by atoms with van der Waals surface area (Å²) >= 11 is 0. The minimum absolute atomic E-state index is 0.0209. The third-order valence-electron chi connectivity index (χ3n) is 3.58. The summed E-state index contributed by atoms with van der Waals surface area (Å²) in [6.07, 6.45) is 0. The van der Waals surface area contributed by atoms with Crippen LogP contribution in [-0.4, -0.2) is 41.5 Å². The molecule has 2 N–H and O–H groups in total. The van der Waals surface area contributed by atoms with Gasteiger partial charge in [-0.05, 0) is 18.1 Å². The number of amides is 1.